The summed E-state index contributed by atoms with van der Waals surface area (Å²) in [6.07, 6.45) is 0. The van der Waals surface area contributed by atoms with E-state index < -0.39 is 17.5 Å². The number of imide groups is 1. The minimum Gasteiger partial charge on any atom is -0.342 e. The maximum atomic E-state index is 12.7. The van der Waals surface area contributed by atoms with Crippen molar-refractivity contribution in [3.8, 4) is 0 Å². The Morgan fingerprint density at radius 2 is 1.96 bits per heavy atom. The molecule has 1 saturated heterocycles. The zero-order valence-corrected chi connectivity index (χ0v) is 14.2. The van der Waals surface area contributed by atoms with Crippen LogP contribution in [-0.4, -0.2) is 47.3 Å². The Morgan fingerprint density at radius 3 is 2.52 bits per heavy atom. The maximum absolute atomic E-state index is 12.7. The van der Waals surface area contributed by atoms with Crippen LogP contribution >= 0.6 is 11.6 Å². The molecule has 7 heteroatoms. The second-order valence-corrected chi connectivity index (χ2v) is 5.96. The van der Waals surface area contributed by atoms with Crippen molar-refractivity contribution < 1.29 is 14.4 Å². The van der Waals surface area contributed by atoms with Crippen molar-refractivity contribution in [2.45, 2.75) is 26.3 Å². The number of halogens is 1. The number of carbonyl (C=O) groups is 3. The van der Waals surface area contributed by atoms with Gasteiger partial charge in [-0.1, -0.05) is 23.7 Å². The predicted molar refractivity (Wildman–Crippen MR) is 87.0 cm³/mol. The molecule has 0 spiro atoms. The number of nitrogens with zero attached hydrogens (tertiary/aromatic N) is 2. The fourth-order valence-corrected chi connectivity index (χ4v) is 2.84. The lowest BCUT2D eigenvalue weighted by Crippen LogP contribution is -2.44. The van der Waals surface area contributed by atoms with E-state index in [2.05, 4.69) is 5.32 Å². The summed E-state index contributed by atoms with van der Waals surface area (Å²) in [5.41, 5.74) is -0.632. The molecule has 1 unspecified atom stereocenters. The summed E-state index contributed by atoms with van der Waals surface area (Å²) in [6, 6.07) is 6.19. The monoisotopic (exact) mass is 337 g/mol. The van der Waals surface area contributed by atoms with Gasteiger partial charge in [-0.25, -0.2) is 4.79 Å². The summed E-state index contributed by atoms with van der Waals surface area (Å²) in [6.45, 7) is 6.12. The van der Waals surface area contributed by atoms with E-state index in [1.54, 1.807) is 36.1 Å². The zero-order valence-electron chi connectivity index (χ0n) is 13.4. The molecule has 1 aliphatic heterocycles. The van der Waals surface area contributed by atoms with Gasteiger partial charge in [-0.3, -0.25) is 14.5 Å². The minimum atomic E-state index is -1.22. The van der Waals surface area contributed by atoms with Gasteiger partial charge in [0.1, 0.15) is 12.1 Å². The molecule has 1 aliphatic rings. The molecule has 0 aliphatic carbocycles. The molecule has 1 fully saturated rings. The van der Waals surface area contributed by atoms with E-state index >= 15 is 0 Å². The first-order valence-electron chi connectivity index (χ1n) is 7.51. The Morgan fingerprint density at radius 1 is 1.30 bits per heavy atom. The first-order chi connectivity index (χ1) is 10.8. The Labute approximate surface area is 140 Å². The van der Waals surface area contributed by atoms with Gasteiger partial charge in [0.2, 0.25) is 5.91 Å². The van der Waals surface area contributed by atoms with E-state index in [9.17, 15) is 14.4 Å². The highest BCUT2D eigenvalue weighted by atomic mass is 35.5. The Kier molecular flexibility index (Phi) is 4.94. The second kappa shape index (κ2) is 6.58. The molecule has 2 rings (SSSR count). The lowest BCUT2D eigenvalue weighted by molar-refractivity contribution is -0.138. The molecule has 23 heavy (non-hydrogen) atoms. The highest BCUT2D eigenvalue weighted by molar-refractivity contribution is 6.30. The van der Waals surface area contributed by atoms with Crippen LogP contribution in [0.25, 0.3) is 0 Å². The third-order valence-corrected chi connectivity index (χ3v) is 4.32. The van der Waals surface area contributed by atoms with Crippen LogP contribution in [0.4, 0.5) is 4.79 Å². The fourth-order valence-electron chi connectivity index (χ4n) is 2.65. The molecule has 1 heterocycles. The Hall–Kier alpha value is -2.08. The number of hydrogen-bond acceptors (Lipinski definition) is 3. The highest BCUT2D eigenvalue weighted by Crippen LogP contribution is 2.30. The number of likely N-dealkylation sites (N-methyl/N-ethyl adjacent to an activating group) is 1. The van der Waals surface area contributed by atoms with Crippen LogP contribution in [0.2, 0.25) is 5.02 Å². The average Bonchev–Trinajstić information content (AvgIpc) is 2.73. The van der Waals surface area contributed by atoms with E-state index in [4.69, 9.17) is 11.6 Å². The van der Waals surface area contributed by atoms with Crippen molar-refractivity contribution in [1.29, 1.82) is 0 Å². The second-order valence-electron chi connectivity index (χ2n) is 5.52. The van der Waals surface area contributed by atoms with Crippen molar-refractivity contribution in [3.63, 3.8) is 0 Å². The summed E-state index contributed by atoms with van der Waals surface area (Å²) >= 11 is 5.97. The number of nitrogens with one attached hydrogen (secondary N) is 1. The molecule has 124 valence electrons. The SMILES string of the molecule is CCN(CC)C(=O)CN1C(=O)NC(C)(c2cccc(Cl)c2)C1=O. The van der Waals surface area contributed by atoms with Crippen molar-refractivity contribution in [1.82, 2.24) is 15.1 Å². The van der Waals surface area contributed by atoms with Gasteiger partial charge >= 0.3 is 6.03 Å². The normalized spacial score (nSPS) is 20.6. The first kappa shape index (κ1) is 17.3. The summed E-state index contributed by atoms with van der Waals surface area (Å²) in [7, 11) is 0. The molecular formula is C16H20ClN3O3. The van der Waals surface area contributed by atoms with Crippen molar-refractivity contribution in [2.75, 3.05) is 19.6 Å². The van der Waals surface area contributed by atoms with Gasteiger partial charge in [-0.15, -0.1) is 0 Å². The van der Waals surface area contributed by atoms with E-state index in [-0.39, 0.29) is 12.5 Å². The molecule has 0 aromatic heterocycles. The largest absolute Gasteiger partial charge is 0.342 e. The molecule has 1 aromatic rings. The van der Waals surface area contributed by atoms with Crippen LogP contribution in [0.1, 0.15) is 26.3 Å². The molecule has 6 nitrogen and oxygen atoms in total. The van der Waals surface area contributed by atoms with Gasteiger partial charge < -0.3 is 10.2 Å². The van der Waals surface area contributed by atoms with Gasteiger partial charge in [0.05, 0.1) is 0 Å². The molecule has 1 N–H and O–H groups in total. The fraction of sp³-hybridized carbons (Fsp3) is 0.438. The quantitative estimate of drug-likeness (QED) is 0.835. The van der Waals surface area contributed by atoms with Gasteiger partial charge in [-0.2, -0.15) is 0 Å². The summed E-state index contributed by atoms with van der Waals surface area (Å²) < 4.78 is 0. The number of carbonyl (C=O) groups excluding carboxylic acids is 3. The molecule has 0 radical (unpaired) electrons. The van der Waals surface area contributed by atoms with E-state index in [1.165, 1.54) is 0 Å². The highest BCUT2D eigenvalue weighted by Gasteiger charge is 2.49. The zero-order chi connectivity index (χ0) is 17.2. The molecule has 1 atom stereocenters. The van der Waals surface area contributed by atoms with Crippen LogP contribution in [0, 0.1) is 0 Å². The number of benzene rings is 1. The van der Waals surface area contributed by atoms with Crippen LogP contribution in [0.5, 0.6) is 0 Å². The minimum absolute atomic E-state index is 0.256. The van der Waals surface area contributed by atoms with Gasteiger partial charge in [0, 0.05) is 18.1 Å². The van der Waals surface area contributed by atoms with Crippen LogP contribution in [0.3, 0.4) is 0 Å². The molecular weight excluding hydrogens is 318 g/mol. The van der Waals surface area contributed by atoms with Crippen LogP contribution < -0.4 is 5.32 Å². The van der Waals surface area contributed by atoms with Crippen molar-refractivity contribution in [3.05, 3.63) is 34.9 Å². The van der Waals surface area contributed by atoms with E-state index in [0.717, 1.165) is 4.90 Å². The molecule has 1 aromatic carbocycles. The van der Waals surface area contributed by atoms with Crippen molar-refractivity contribution in [2.24, 2.45) is 0 Å². The Bertz CT molecular complexity index is 645. The average molecular weight is 338 g/mol. The summed E-state index contributed by atoms with van der Waals surface area (Å²) in [5.74, 6) is -0.709. The smallest absolute Gasteiger partial charge is 0.325 e. The van der Waals surface area contributed by atoms with E-state index in [0.29, 0.717) is 23.7 Å². The van der Waals surface area contributed by atoms with Crippen LogP contribution in [0.15, 0.2) is 24.3 Å². The number of hydrogen-bond donors (Lipinski definition) is 1. The van der Waals surface area contributed by atoms with E-state index in [1.807, 2.05) is 13.8 Å². The third kappa shape index (κ3) is 3.17. The molecule has 0 saturated carbocycles. The summed E-state index contributed by atoms with van der Waals surface area (Å²) in [5, 5.41) is 3.14. The predicted octanol–water partition coefficient (Wildman–Crippen LogP) is 1.98. The number of amides is 4. The van der Waals surface area contributed by atoms with Gasteiger partial charge in [0.25, 0.3) is 5.91 Å². The van der Waals surface area contributed by atoms with Crippen LogP contribution in [-0.2, 0) is 15.1 Å². The number of urea groups is 1. The third-order valence-electron chi connectivity index (χ3n) is 4.09. The Balaban J connectivity index is 2.24. The standard InChI is InChI=1S/C16H20ClN3O3/c1-4-19(5-2)13(21)10-20-14(22)16(3,18-15(20)23)11-7-6-8-12(17)9-11/h6-9H,4-5,10H2,1-3H3,(H,18,23). The topological polar surface area (TPSA) is 69.7 Å². The molecule has 4 amide bonds. The lowest BCUT2D eigenvalue weighted by atomic mass is 9.92. The lowest BCUT2D eigenvalue weighted by Gasteiger charge is -2.24. The van der Waals surface area contributed by atoms with Gasteiger partial charge in [-0.05, 0) is 38.5 Å². The van der Waals surface area contributed by atoms with Gasteiger partial charge in [0.15, 0.2) is 0 Å². The number of rotatable bonds is 5. The maximum Gasteiger partial charge on any atom is 0.325 e. The first-order valence-corrected chi connectivity index (χ1v) is 7.89. The summed E-state index contributed by atoms with van der Waals surface area (Å²) in [4.78, 5) is 39.6. The molecule has 0 bridgehead atoms. The van der Waals surface area contributed by atoms with Crippen molar-refractivity contribution >= 4 is 29.4 Å².